The molecule has 3 fully saturated rings. The molecular weight excluding hydrogens is 651 g/mol. The predicted octanol–water partition coefficient (Wildman–Crippen LogP) is 3.20. The van der Waals surface area contributed by atoms with E-state index < -0.39 is 35.9 Å². The monoisotopic (exact) mass is 693 g/mol. The van der Waals surface area contributed by atoms with Crippen molar-refractivity contribution < 1.29 is 22.7 Å². The van der Waals surface area contributed by atoms with Crippen LogP contribution in [0.3, 0.4) is 0 Å². The van der Waals surface area contributed by atoms with Crippen LogP contribution in [-0.4, -0.2) is 99.7 Å². The number of methoxy groups -OCH3 is 1. The molecule has 0 radical (unpaired) electrons. The number of halogens is 3. The van der Waals surface area contributed by atoms with Gasteiger partial charge in [-0.3, -0.25) is 23.7 Å². The molecule has 50 heavy (non-hydrogen) atoms. The molecule has 3 saturated heterocycles. The number of benzene rings is 2. The molecule has 0 bridgehead atoms. The van der Waals surface area contributed by atoms with Crippen LogP contribution in [0.2, 0.25) is 0 Å². The number of nitrogens with zero attached hydrogens (tertiary/aromatic N) is 6. The van der Waals surface area contributed by atoms with Crippen LogP contribution in [0.5, 0.6) is 5.75 Å². The van der Waals surface area contributed by atoms with Crippen molar-refractivity contribution in [2.45, 2.75) is 50.2 Å². The number of aromatic nitrogens is 4. The number of piperidine rings is 2. The zero-order valence-corrected chi connectivity index (χ0v) is 28.0. The number of hydrogen-bond donors (Lipinski definition) is 3. The first kappa shape index (κ1) is 34.0. The van der Waals surface area contributed by atoms with E-state index in [0.29, 0.717) is 36.3 Å². The van der Waals surface area contributed by atoms with Gasteiger partial charge in [0.05, 0.1) is 24.9 Å². The number of nitrogens with one attached hydrogen (secondary N) is 2. The third-order valence-corrected chi connectivity index (χ3v) is 10.5. The number of amides is 1. The minimum absolute atomic E-state index is 0.00388. The molecule has 2 aromatic heterocycles. The fourth-order valence-corrected chi connectivity index (χ4v) is 7.49. The maximum Gasteiger partial charge on any atom is 0.335 e. The Morgan fingerprint density at radius 3 is 2.52 bits per heavy atom. The van der Waals surface area contributed by atoms with Crippen LogP contribution in [-0.2, 0) is 6.54 Å². The van der Waals surface area contributed by atoms with Gasteiger partial charge >= 0.3 is 5.69 Å². The van der Waals surface area contributed by atoms with Gasteiger partial charge in [0.15, 0.2) is 11.5 Å². The van der Waals surface area contributed by atoms with Crippen LogP contribution in [0, 0.1) is 11.7 Å². The van der Waals surface area contributed by atoms with Gasteiger partial charge in [0.25, 0.3) is 11.8 Å². The van der Waals surface area contributed by atoms with Crippen molar-refractivity contribution in [3.8, 4) is 11.4 Å². The van der Waals surface area contributed by atoms with Crippen molar-refractivity contribution in [2.24, 2.45) is 5.92 Å². The normalized spacial score (nSPS) is 20.5. The van der Waals surface area contributed by atoms with Crippen LogP contribution < -0.4 is 26.8 Å². The summed E-state index contributed by atoms with van der Waals surface area (Å²) in [5, 5.41) is 6.10. The van der Waals surface area contributed by atoms with Crippen LogP contribution in [0.4, 0.5) is 19.0 Å². The van der Waals surface area contributed by atoms with Crippen LogP contribution >= 0.6 is 0 Å². The fraction of sp³-hybridized carbons (Fsp3) is 0.486. The van der Waals surface area contributed by atoms with Gasteiger partial charge in [0.1, 0.15) is 29.5 Å². The summed E-state index contributed by atoms with van der Waals surface area (Å²) in [6.07, 6.45) is 4.35. The number of nitrogen functional groups attached to an aromatic ring is 1. The van der Waals surface area contributed by atoms with Crippen molar-refractivity contribution >= 4 is 22.9 Å². The van der Waals surface area contributed by atoms with Gasteiger partial charge in [0, 0.05) is 38.3 Å². The quantitative estimate of drug-likeness (QED) is 0.229. The van der Waals surface area contributed by atoms with E-state index in [1.807, 2.05) is 4.90 Å². The number of carbonyl (C=O) groups is 1. The van der Waals surface area contributed by atoms with E-state index in [-0.39, 0.29) is 41.3 Å². The zero-order chi connectivity index (χ0) is 35.0. The first-order valence-electron chi connectivity index (χ1n) is 17.1. The van der Waals surface area contributed by atoms with Crippen molar-refractivity contribution in [1.82, 2.24) is 39.5 Å². The number of imidazole rings is 1. The average Bonchev–Trinajstić information content (AvgIpc) is 3.38. The Labute approximate surface area is 287 Å². The maximum atomic E-state index is 16.0. The molecule has 1 amide bonds. The van der Waals surface area contributed by atoms with Crippen LogP contribution in [0.25, 0.3) is 16.9 Å². The van der Waals surface area contributed by atoms with E-state index in [4.69, 9.17) is 10.5 Å². The summed E-state index contributed by atoms with van der Waals surface area (Å²) in [4.78, 5) is 39.5. The zero-order valence-electron chi connectivity index (χ0n) is 28.0. The van der Waals surface area contributed by atoms with E-state index in [2.05, 4.69) is 25.5 Å². The number of carbonyl (C=O) groups excluding carboxylic acids is 1. The molecular formula is C35H42F3N9O3. The topological polar surface area (TPSA) is 136 Å². The van der Waals surface area contributed by atoms with E-state index in [9.17, 15) is 14.0 Å². The summed E-state index contributed by atoms with van der Waals surface area (Å²) in [5.74, 6) is -3.52. The lowest BCUT2D eigenvalue weighted by Crippen LogP contribution is -2.58. The average molecular weight is 694 g/mol. The predicted molar refractivity (Wildman–Crippen MR) is 182 cm³/mol. The van der Waals surface area contributed by atoms with Crippen LogP contribution in [0.1, 0.15) is 47.6 Å². The van der Waals surface area contributed by atoms with Crippen molar-refractivity contribution in [1.29, 1.82) is 0 Å². The summed E-state index contributed by atoms with van der Waals surface area (Å²) in [6, 6.07) is 9.58. The molecule has 15 heteroatoms. The molecule has 12 nitrogen and oxygen atoms in total. The van der Waals surface area contributed by atoms with Gasteiger partial charge in [0.2, 0.25) is 0 Å². The number of anilines is 1. The Morgan fingerprint density at radius 1 is 1.08 bits per heavy atom. The Balaban J connectivity index is 1.05. The van der Waals surface area contributed by atoms with Crippen molar-refractivity contribution in [3.05, 3.63) is 76.2 Å². The molecule has 3 aliphatic rings. The van der Waals surface area contributed by atoms with Gasteiger partial charge in [-0.1, -0.05) is 12.1 Å². The lowest BCUT2D eigenvalue weighted by atomic mass is 9.91. The van der Waals surface area contributed by atoms with E-state index in [0.717, 1.165) is 56.1 Å². The number of ether oxygens (including phenoxy) is 1. The van der Waals surface area contributed by atoms with Gasteiger partial charge in [-0.05, 0) is 81.1 Å². The number of alkyl halides is 2. The first-order valence-corrected chi connectivity index (χ1v) is 17.1. The molecule has 0 saturated carbocycles. The van der Waals surface area contributed by atoms with E-state index >= 15 is 8.78 Å². The molecule has 0 spiro atoms. The van der Waals surface area contributed by atoms with E-state index in [1.54, 1.807) is 24.3 Å². The third-order valence-electron chi connectivity index (χ3n) is 10.5. The highest BCUT2D eigenvalue weighted by Crippen LogP contribution is 2.38. The van der Waals surface area contributed by atoms with E-state index in [1.165, 1.54) is 30.1 Å². The molecule has 1 atom stereocenters. The summed E-state index contributed by atoms with van der Waals surface area (Å²) < 4.78 is 53.1. The van der Waals surface area contributed by atoms with Gasteiger partial charge in [-0.25, -0.2) is 27.9 Å². The smallest absolute Gasteiger partial charge is 0.335 e. The lowest BCUT2D eigenvalue weighted by molar-refractivity contribution is -0.104. The Morgan fingerprint density at radius 2 is 1.84 bits per heavy atom. The number of rotatable bonds is 10. The van der Waals surface area contributed by atoms with Crippen LogP contribution in [0.15, 0.2) is 53.6 Å². The van der Waals surface area contributed by atoms with Gasteiger partial charge in [-0.2, -0.15) is 0 Å². The van der Waals surface area contributed by atoms with Gasteiger partial charge < -0.3 is 21.1 Å². The second-order valence-electron chi connectivity index (χ2n) is 13.5. The molecule has 7 rings (SSSR count). The van der Waals surface area contributed by atoms with Crippen molar-refractivity contribution in [2.75, 3.05) is 58.7 Å². The second kappa shape index (κ2) is 14.0. The van der Waals surface area contributed by atoms with Gasteiger partial charge in [-0.15, -0.1) is 0 Å². The standard InChI is InChI=1S/C35H42F3N9O3/c1-50-28-16-24(36)4-7-27(28)33(48)41-17-23-2-5-25(6-3-23)46-30-31(39)42-21-43-32(30)47(34(46)49)29-11-13-44(20-35(29,37)38)12-8-22-9-14-45(15-10-22)26-18-40-19-26/h2-7,16,21-22,26,29,40H,8-15,17-20H2,1H3,(H,41,48)(H2,39,42,43)/t29-/m0/s1. The third kappa shape index (κ3) is 6.68. The number of likely N-dealkylation sites (tertiary alicyclic amines) is 2. The maximum absolute atomic E-state index is 16.0. The summed E-state index contributed by atoms with van der Waals surface area (Å²) >= 11 is 0. The number of hydrogen-bond acceptors (Lipinski definition) is 9. The fourth-order valence-electron chi connectivity index (χ4n) is 7.49. The Hall–Kier alpha value is -4.47. The second-order valence-corrected chi connectivity index (χ2v) is 13.5. The lowest BCUT2D eigenvalue weighted by Gasteiger charge is -2.43. The molecule has 0 aliphatic carbocycles. The first-order chi connectivity index (χ1) is 24.1. The Kier molecular flexibility index (Phi) is 9.55. The molecule has 4 aromatic rings. The largest absolute Gasteiger partial charge is 0.496 e. The van der Waals surface area contributed by atoms with Crippen molar-refractivity contribution in [3.63, 3.8) is 0 Å². The number of fused-ring (bicyclic) bond motifs is 1. The summed E-state index contributed by atoms with van der Waals surface area (Å²) in [7, 11) is 1.35. The highest BCUT2D eigenvalue weighted by molar-refractivity contribution is 5.96. The summed E-state index contributed by atoms with van der Waals surface area (Å²) in [6.45, 7) is 4.99. The molecule has 5 heterocycles. The highest BCUT2D eigenvalue weighted by Gasteiger charge is 2.47. The molecule has 266 valence electrons. The summed E-state index contributed by atoms with van der Waals surface area (Å²) in [5.41, 5.74) is 7.03. The molecule has 2 aromatic carbocycles. The molecule has 4 N–H and O–H groups in total. The number of nitrogens with two attached hydrogens (primary N) is 1. The molecule has 3 aliphatic heterocycles. The highest BCUT2D eigenvalue weighted by atomic mass is 19.3. The Bertz CT molecular complexity index is 1900. The minimum atomic E-state index is -3.18. The molecule has 0 unspecified atom stereocenters. The SMILES string of the molecule is COc1cc(F)ccc1C(=O)NCc1ccc(-n2c(=O)n([C@H]3CCN(CCC4CCN(C5CNC5)CC4)CC3(F)F)c3ncnc(N)c32)cc1. The minimum Gasteiger partial charge on any atom is -0.496 e.